The van der Waals surface area contributed by atoms with Crippen molar-refractivity contribution in [2.24, 2.45) is 0 Å². The smallest absolute Gasteiger partial charge is 0.255 e. The summed E-state index contributed by atoms with van der Waals surface area (Å²) in [5, 5.41) is 10.6. The molecule has 8 heteroatoms. The number of hydrogen-bond acceptors (Lipinski definition) is 6. The number of para-hydroxylation sites is 3. The van der Waals surface area contributed by atoms with E-state index in [-0.39, 0.29) is 5.91 Å². The summed E-state index contributed by atoms with van der Waals surface area (Å²) < 4.78 is 13.3. The Morgan fingerprint density at radius 1 is 1.00 bits per heavy atom. The first kappa shape index (κ1) is 22.2. The lowest BCUT2D eigenvalue weighted by Gasteiger charge is -2.30. The van der Waals surface area contributed by atoms with Gasteiger partial charge in [-0.15, -0.1) is 0 Å². The number of nitrogens with one attached hydrogen (secondary N) is 2. The van der Waals surface area contributed by atoms with Crippen LogP contribution in [0.5, 0.6) is 11.5 Å². The number of hydrogen-bond donors (Lipinski definition) is 2. The van der Waals surface area contributed by atoms with Gasteiger partial charge < -0.3 is 20.1 Å². The van der Waals surface area contributed by atoms with Crippen LogP contribution >= 0.6 is 0 Å². The van der Waals surface area contributed by atoms with Crippen LogP contribution in [0.2, 0.25) is 0 Å². The van der Waals surface area contributed by atoms with Crippen LogP contribution in [0.3, 0.4) is 0 Å². The number of benzene rings is 3. The van der Waals surface area contributed by atoms with Crippen molar-refractivity contribution in [1.82, 2.24) is 14.8 Å². The number of allylic oxidation sites excluding steroid dienone is 1. The van der Waals surface area contributed by atoms with E-state index in [1.54, 1.807) is 23.9 Å². The first-order chi connectivity index (χ1) is 17.2. The van der Waals surface area contributed by atoms with E-state index in [1.165, 1.54) is 6.33 Å². The number of ether oxygens (including phenoxy) is 2. The fraction of sp³-hybridized carbons (Fsp3) is 0.148. The van der Waals surface area contributed by atoms with Crippen LogP contribution in [0.4, 0.5) is 11.6 Å². The molecular weight excluding hydrogens is 442 g/mol. The topological polar surface area (TPSA) is 90.3 Å². The molecule has 1 aliphatic rings. The Morgan fingerprint density at radius 2 is 1.71 bits per heavy atom. The van der Waals surface area contributed by atoms with Gasteiger partial charge in [-0.25, -0.2) is 4.68 Å². The van der Waals surface area contributed by atoms with Crippen molar-refractivity contribution in [3.05, 3.63) is 108 Å². The first-order valence-corrected chi connectivity index (χ1v) is 11.2. The van der Waals surface area contributed by atoms with E-state index in [9.17, 15) is 4.79 Å². The number of methoxy groups -OCH3 is 1. The summed E-state index contributed by atoms with van der Waals surface area (Å²) >= 11 is 0. The lowest BCUT2D eigenvalue weighted by Crippen LogP contribution is -2.31. The molecule has 2 N–H and O–H groups in total. The van der Waals surface area contributed by atoms with Gasteiger partial charge in [0.25, 0.3) is 5.91 Å². The van der Waals surface area contributed by atoms with Crippen molar-refractivity contribution in [2.45, 2.75) is 19.6 Å². The van der Waals surface area contributed by atoms with Gasteiger partial charge in [-0.3, -0.25) is 4.79 Å². The van der Waals surface area contributed by atoms with Crippen molar-refractivity contribution in [2.75, 3.05) is 17.7 Å². The predicted octanol–water partition coefficient (Wildman–Crippen LogP) is 4.79. The number of carbonyl (C=O) groups is 1. The fourth-order valence-corrected chi connectivity index (χ4v) is 4.18. The molecule has 35 heavy (non-hydrogen) atoms. The third-order valence-corrected chi connectivity index (χ3v) is 5.84. The lowest BCUT2D eigenvalue weighted by atomic mass is 9.94. The zero-order valence-corrected chi connectivity index (χ0v) is 19.4. The van der Waals surface area contributed by atoms with Crippen molar-refractivity contribution < 1.29 is 14.3 Å². The molecule has 2 heterocycles. The Balaban J connectivity index is 1.53. The Kier molecular flexibility index (Phi) is 6.17. The molecule has 0 bridgehead atoms. The zero-order chi connectivity index (χ0) is 24.2. The molecule has 1 aromatic heterocycles. The van der Waals surface area contributed by atoms with Crippen LogP contribution in [-0.2, 0) is 11.4 Å². The SMILES string of the molecule is COc1ccccc1NC(=O)C1=C(C)Nc2ncnn2[C@@H]1c1ccccc1OCc1ccccc1. The minimum atomic E-state index is -0.546. The Labute approximate surface area is 203 Å². The second-order valence-electron chi connectivity index (χ2n) is 8.06. The van der Waals surface area contributed by atoms with Gasteiger partial charge >= 0.3 is 0 Å². The average molecular weight is 468 g/mol. The summed E-state index contributed by atoms with van der Waals surface area (Å²) in [5.74, 6) is 1.52. The van der Waals surface area contributed by atoms with E-state index in [0.717, 1.165) is 11.1 Å². The molecule has 1 atom stereocenters. The fourth-order valence-electron chi connectivity index (χ4n) is 4.18. The molecule has 0 fully saturated rings. The molecule has 0 saturated carbocycles. The molecule has 3 aromatic carbocycles. The van der Waals surface area contributed by atoms with E-state index < -0.39 is 6.04 Å². The quantitative estimate of drug-likeness (QED) is 0.406. The first-order valence-electron chi connectivity index (χ1n) is 11.2. The van der Waals surface area contributed by atoms with Gasteiger partial charge in [0, 0.05) is 11.3 Å². The van der Waals surface area contributed by atoms with Crippen LogP contribution in [0.25, 0.3) is 0 Å². The molecule has 5 rings (SSSR count). The maximum absolute atomic E-state index is 13.7. The van der Waals surface area contributed by atoms with Crippen LogP contribution < -0.4 is 20.1 Å². The van der Waals surface area contributed by atoms with Crippen LogP contribution in [0.15, 0.2) is 96.5 Å². The summed E-state index contributed by atoms with van der Waals surface area (Å²) in [6.45, 7) is 2.26. The number of fused-ring (bicyclic) bond motifs is 1. The molecule has 176 valence electrons. The standard InChI is InChI=1S/C27H25N5O3/c1-18-24(26(33)31-21-13-7-9-15-23(21)34-2)25(32-27(30-18)28-17-29-32)20-12-6-8-14-22(20)35-16-19-10-4-3-5-11-19/h3-15,17,25H,16H2,1-2H3,(H,31,33)(H,28,29,30)/t25-/m1/s1. The highest BCUT2D eigenvalue weighted by atomic mass is 16.5. The van der Waals surface area contributed by atoms with E-state index in [0.29, 0.717) is 41.0 Å². The molecule has 0 unspecified atom stereocenters. The maximum Gasteiger partial charge on any atom is 0.255 e. The second-order valence-corrected chi connectivity index (χ2v) is 8.06. The number of aromatic nitrogens is 3. The van der Waals surface area contributed by atoms with E-state index in [1.807, 2.05) is 73.7 Å². The van der Waals surface area contributed by atoms with Gasteiger partial charge in [-0.2, -0.15) is 10.1 Å². The third-order valence-electron chi connectivity index (χ3n) is 5.84. The van der Waals surface area contributed by atoms with Crippen molar-refractivity contribution in [3.8, 4) is 11.5 Å². The number of carbonyl (C=O) groups excluding carboxylic acids is 1. The molecule has 0 spiro atoms. The van der Waals surface area contributed by atoms with Gasteiger partial charge in [-0.05, 0) is 30.7 Å². The highest BCUT2D eigenvalue weighted by Gasteiger charge is 2.35. The van der Waals surface area contributed by atoms with E-state index >= 15 is 0 Å². The molecule has 0 radical (unpaired) electrons. The van der Waals surface area contributed by atoms with E-state index in [4.69, 9.17) is 9.47 Å². The summed E-state index contributed by atoms with van der Waals surface area (Å²) in [4.78, 5) is 18.0. The van der Waals surface area contributed by atoms with E-state index in [2.05, 4.69) is 20.7 Å². The highest BCUT2D eigenvalue weighted by molar-refractivity contribution is 6.06. The summed E-state index contributed by atoms with van der Waals surface area (Å²) in [6, 6.07) is 24.4. The van der Waals surface area contributed by atoms with Gasteiger partial charge in [0.15, 0.2) is 0 Å². The highest BCUT2D eigenvalue weighted by Crippen LogP contribution is 2.39. The number of amides is 1. The molecule has 1 amide bonds. The van der Waals surface area contributed by atoms with Crippen LogP contribution in [-0.4, -0.2) is 27.8 Å². The predicted molar refractivity (Wildman–Crippen MR) is 133 cm³/mol. The number of anilines is 2. The Hall–Kier alpha value is -4.59. The average Bonchev–Trinajstić information content (AvgIpc) is 3.36. The maximum atomic E-state index is 13.7. The largest absolute Gasteiger partial charge is 0.495 e. The number of rotatable bonds is 7. The van der Waals surface area contributed by atoms with Crippen molar-refractivity contribution in [3.63, 3.8) is 0 Å². The lowest BCUT2D eigenvalue weighted by molar-refractivity contribution is -0.113. The molecule has 0 saturated heterocycles. The molecule has 0 aliphatic carbocycles. The van der Waals surface area contributed by atoms with Gasteiger partial charge in [0.1, 0.15) is 30.5 Å². The van der Waals surface area contributed by atoms with Crippen molar-refractivity contribution in [1.29, 1.82) is 0 Å². The minimum Gasteiger partial charge on any atom is -0.495 e. The Morgan fingerprint density at radius 3 is 2.51 bits per heavy atom. The van der Waals surface area contributed by atoms with Gasteiger partial charge in [0.05, 0.1) is 18.4 Å². The molecule has 4 aromatic rings. The van der Waals surface area contributed by atoms with Crippen LogP contribution in [0, 0.1) is 0 Å². The summed E-state index contributed by atoms with van der Waals surface area (Å²) in [5.41, 5.74) is 3.62. The number of nitrogens with zero attached hydrogens (tertiary/aromatic N) is 3. The Bertz CT molecular complexity index is 1380. The molecule has 1 aliphatic heterocycles. The normalized spacial score (nSPS) is 14.6. The molecular formula is C27H25N5O3. The van der Waals surface area contributed by atoms with Gasteiger partial charge in [0.2, 0.25) is 5.95 Å². The minimum absolute atomic E-state index is 0.275. The molecule has 8 nitrogen and oxygen atoms in total. The van der Waals surface area contributed by atoms with Crippen LogP contribution in [0.1, 0.15) is 24.1 Å². The monoisotopic (exact) mass is 467 g/mol. The second kappa shape index (κ2) is 9.72. The third kappa shape index (κ3) is 4.46. The van der Waals surface area contributed by atoms with Crippen molar-refractivity contribution >= 4 is 17.5 Å². The van der Waals surface area contributed by atoms with Gasteiger partial charge in [-0.1, -0.05) is 60.7 Å². The zero-order valence-electron chi connectivity index (χ0n) is 19.4. The summed E-state index contributed by atoms with van der Waals surface area (Å²) in [7, 11) is 1.57. The summed E-state index contributed by atoms with van der Waals surface area (Å²) in [6.07, 6.45) is 1.47.